The Bertz CT molecular complexity index is 1630. The fourth-order valence-electron chi connectivity index (χ4n) is 4.14. The third kappa shape index (κ3) is 3.01. The average Bonchev–Trinajstić information content (AvgIpc) is 3.35. The molecule has 1 N–H and O–H groups in total. The normalized spacial score (nSPS) is 11.5. The molecule has 0 saturated carbocycles. The van der Waals surface area contributed by atoms with Gasteiger partial charge in [-0.1, -0.05) is 35.3 Å². The summed E-state index contributed by atoms with van der Waals surface area (Å²) < 4.78 is 4.43. The molecule has 32 heavy (non-hydrogen) atoms. The van der Waals surface area contributed by atoms with E-state index in [9.17, 15) is 9.59 Å². The lowest BCUT2D eigenvalue weighted by Gasteiger charge is -2.09. The quantitative estimate of drug-likeness (QED) is 0.377. The van der Waals surface area contributed by atoms with Crippen LogP contribution >= 0.6 is 23.2 Å². The van der Waals surface area contributed by atoms with Gasteiger partial charge in [0.2, 0.25) is 0 Å². The second-order valence-corrected chi connectivity index (χ2v) is 8.35. The van der Waals surface area contributed by atoms with Gasteiger partial charge in [-0.25, -0.2) is 4.79 Å². The predicted molar refractivity (Wildman–Crippen MR) is 126 cm³/mol. The van der Waals surface area contributed by atoms with Crippen molar-refractivity contribution in [2.45, 2.75) is 0 Å². The standard InChI is InChI=1S/C23H16Cl2N4O3/c1-27-20-6-3-12(19-7-8-29(26-19)23(31)32)9-15(20)16-11-17(22(30)28(2)21(16)27)14-5-4-13(24)10-18(14)25/h3-11H,1-2H3,(H,31,32). The molecular formula is C23H16Cl2N4O3. The molecule has 0 spiro atoms. The molecule has 0 unspecified atom stereocenters. The highest BCUT2D eigenvalue weighted by Gasteiger charge is 2.18. The van der Waals surface area contributed by atoms with Crippen LogP contribution in [-0.2, 0) is 14.1 Å². The van der Waals surface area contributed by atoms with Crippen LogP contribution in [0.4, 0.5) is 4.79 Å². The highest BCUT2D eigenvalue weighted by molar-refractivity contribution is 6.36. The van der Waals surface area contributed by atoms with Crippen LogP contribution in [0.5, 0.6) is 0 Å². The average molecular weight is 467 g/mol. The van der Waals surface area contributed by atoms with E-state index in [0.29, 0.717) is 26.9 Å². The molecule has 7 nitrogen and oxygen atoms in total. The summed E-state index contributed by atoms with van der Waals surface area (Å²) in [6, 6.07) is 14.3. The van der Waals surface area contributed by atoms with Gasteiger partial charge in [-0.15, -0.1) is 0 Å². The molecule has 2 aromatic carbocycles. The van der Waals surface area contributed by atoms with Crippen LogP contribution < -0.4 is 5.56 Å². The molecule has 5 aromatic rings. The Morgan fingerprint density at radius 2 is 1.72 bits per heavy atom. The summed E-state index contributed by atoms with van der Waals surface area (Å²) in [4.78, 5) is 24.4. The zero-order chi connectivity index (χ0) is 22.7. The maximum Gasteiger partial charge on any atom is 0.432 e. The van der Waals surface area contributed by atoms with Gasteiger partial charge in [0.1, 0.15) is 5.65 Å². The number of aryl methyl sites for hydroxylation is 2. The first-order valence-electron chi connectivity index (χ1n) is 9.63. The maximum absolute atomic E-state index is 13.2. The Morgan fingerprint density at radius 3 is 2.41 bits per heavy atom. The van der Waals surface area contributed by atoms with Crippen molar-refractivity contribution < 1.29 is 9.90 Å². The number of hydrogen-bond donors (Lipinski definition) is 1. The van der Waals surface area contributed by atoms with Gasteiger partial charge in [-0.2, -0.15) is 9.78 Å². The fraction of sp³-hybridized carbons (Fsp3) is 0.0870. The summed E-state index contributed by atoms with van der Waals surface area (Å²) >= 11 is 12.4. The minimum Gasteiger partial charge on any atom is -0.463 e. The van der Waals surface area contributed by atoms with Crippen LogP contribution in [0.25, 0.3) is 44.3 Å². The summed E-state index contributed by atoms with van der Waals surface area (Å²) in [5, 5.41) is 15.9. The topological polar surface area (TPSA) is 82.1 Å². The molecule has 0 bridgehead atoms. The van der Waals surface area contributed by atoms with Crippen molar-refractivity contribution >= 4 is 51.2 Å². The lowest BCUT2D eigenvalue weighted by Crippen LogP contribution is -2.20. The SMILES string of the molecule is Cn1c(=O)c(-c2ccc(Cl)cc2Cl)cc2c3cc(-c4ccn(C(=O)O)n4)ccc3n(C)c21. The Morgan fingerprint density at radius 1 is 0.938 bits per heavy atom. The zero-order valence-electron chi connectivity index (χ0n) is 17.0. The van der Waals surface area contributed by atoms with Gasteiger partial charge >= 0.3 is 6.09 Å². The molecule has 9 heteroatoms. The van der Waals surface area contributed by atoms with Gasteiger partial charge in [0.25, 0.3) is 5.56 Å². The van der Waals surface area contributed by atoms with E-state index in [1.807, 2.05) is 35.9 Å². The third-order valence-electron chi connectivity index (χ3n) is 5.65. The summed E-state index contributed by atoms with van der Waals surface area (Å²) in [5.74, 6) is 0. The first-order valence-corrected chi connectivity index (χ1v) is 10.4. The Balaban J connectivity index is 1.81. The number of fused-ring (bicyclic) bond motifs is 3. The number of pyridine rings is 1. The van der Waals surface area contributed by atoms with Crippen molar-refractivity contribution in [3.05, 3.63) is 75.1 Å². The highest BCUT2D eigenvalue weighted by Crippen LogP contribution is 2.35. The molecule has 0 radical (unpaired) electrons. The maximum atomic E-state index is 13.2. The Labute approximate surface area is 191 Å². The van der Waals surface area contributed by atoms with Gasteiger partial charge in [0.15, 0.2) is 0 Å². The second kappa shape index (κ2) is 7.25. The van der Waals surface area contributed by atoms with E-state index >= 15 is 0 Å². The van der Waals surface area contributed by atoms with Crippen LogP contribution in [0.1, 0.15) is 0 Å². The van der Waals surface area contributed by atoms with E-state index in [0.717, 1.165) is 32.2 Å². The summed E-state index contributed by atoms with van der Waals surface area (Å²) in [5.41, 5.74) is 3.89. The predicted octanol–water partition coefficient (Wildman–Crippen LogP) is 5.39. The number of carbonyl (C=O) groups is 1. The summed E-state index contributed by atoms with van der Waals surface area (Å²) in [6.45, 7) is 0. The zero-order valence-corrected chi connectivity index (χ0v) is 18.5. The molecular weight excluding hydrogens is 451 g/mol. The van der Waals surface area contributed by atoms with Gasteiger partial charge in [-0.3, -0.25) is 9.36 Å². The van der Waals surface area contributed by atoms with Crippen molar-refractivity contribution in [1.29, 1.82) is 0 Å². The van der Waals surface area contributed by atoms with Crippen molar-refractivity contribution in [3.63, 3.8) is 0 Å². The minimum atomic E-state index is -1.15. The molecule has 5 rings (SSSR count). The van der Waals surface area contributed by atoms with Crippen molar-refractivity contribution in [1.82, 2.24) is 18.9 Å². The molecule has 3 heterocycles. The monoisotopic (exact) mass is 466 g/mol. The van der Waals surface area contributed by atoms with Crippen LogP contribution in [0, 0.1) is 0 Å². The molecule has 0 saturated heterocycles. The van der Waals surface area contributed by atoms with Gasteiger partial charge in [-0.05, 0) is 36.4 Å². The van der Waals surface area contributed by atoms with E-state index in [-0.39, 0.29) is 5.56 Å². The first kappa shape index (κ1) is 20.4. The minimum absolute atomic E-state index is 0.173. The van der Waals surface area contributed by atoms with E-state index in [1.54, 1.807) is 35.9 Å². The van der Waals surface area contributed by atoms with Crippen LogP contribution in [0.3, 0.4) is 0 Å². The number of nitrogens with zero attached hydrogens (tertiary/aromatic N) is 4. The highest BCUT2D eigenvalue weighted by atomic mass is 35.5. The van der Waals surface area contributed by atoms with E-state index < -0.39 is 6.09 Å². The van der Waals surface area contributed by atoms with Crippen LogP contribution in [-0.4, -0.2) is 30.1 Å². The molecule has 0 aliphatic carbocycles. The van der Waals surface area contributed by atoms with Gasteiger partial charge < -0.3 is 9.67 Å². The lowest BCUT2D eigenvalue weighted by molar-refractivity contribution is 0.192. The number of aromatic nitrogens is 4. The Kier molecular flexibility index (Phi) is 4.62. The number of benzene rings is 2. The number of rotatable bonds is 2. The first-order chi connectivity index (χ1) is 15.3. The largest absolute Gasteiger partial charge is 0.463 e. The number of carboxylic acid groups (broad SMARTS) is 1. The third-order valence-corrected chi connectivity index (χ3v) is 6.20. The molecule has 0 atom stereocenters. The summed E-state index contributed by atoms with van der Waals surface area (Å²) in [6.07, 6.45) is 0.247. The van der Waals surface area contributed by atoms with Crippen LogP contribution in [0.15, 0.2) is 59.5 Å². The molecule has 0 fully saturated rings. The molecule has 0 amide bonds. The molecule has 0 aliphatic rings. The molecule has 3 aromatic heterocycles. The van der Waals surface area contributed by atoms with Gasteiger partial charge in [0.05, 0.1) is 16.2 Å². The second-order valence-electron chi connectivity index (χ2n) is 7.50. The number of hydrogen-bond acceptors (Lipinski definition) is 3. The molecule has 0 aliphatic heterocycles. The van der Waals surface area contributed by atoms with E-state index in [2.05, 4.69) is 5.10 Å². The van der Waals surface area contributed by atoms with E-state index in [4.69, 9.17) is 28.3 Å². The summed E-state index contributed by atoms with van der Waals surface area (Å²) in [7, 11) is 3.63. The fourth-order valence-corrected chi connectivity index (χ4v) is 4.65. The lowest BCUT2D eigenvalue weighted by atomic mass is 10.0. The van der Waals surface area contributed by atoms with Gasteiger partial charge in [0, 0.05) is 52.8 Å². The van der Waals surface area contributed by atoms with E-state index in [1.165, 1.54) is 6.20 Å². The molecule has 160 valence electrons. The number of halogens is 2. The van der Waals surface area contributed by atoms with Crippen molar-refractivity contribution in [3.8, 4) is 22.4 Å². The van der Waals surface area contributed by atoms with Crippen molar-refractivity contribution in [2.24, 2.45) is 14.1 Å². The van der Waals surface area contributed by atoms with Crippen molar-refractivity contribution in [2.75, 3.05) is 0 Å². The Hall–Kier alpha value is -3.55. The smallest absolute Gasteiger partial charge is 0.432 e. The van der Waals surface area contributed by atoms with Crippen LogP contribution in [0.2, 0.25) is 10.0 Å².